The number of anilines is 1. The van der Waals surface area contributed by atoms with Crippen molar-refractivity contribution in [1.29, 1.82) is 0 Å². The van der Waals surface area contributed by atoms with E-state index in [-0.39, 0.29) is 6.42 Å². The average Bonchev–Trinajstić information content (AvgIpc) is 3.01. The van der Waals surface area contributed by atoms with Crippen LogP contribution in [-0.4, -0.2) is 31.8 Å². The highest BCUT2D eigenvalue weighted by Crippen LogP contribution is 2.17. The van der Waals surface area contributed by atoms with Crippen molar-refractivity contribution in [3.05, 3.63) is 45.7 Å². The highest BCUT2D eigenvalue weighted by molar-refractivity contribution is 7.13. The maximum atomic E-state index is 12.5. The number of carbonyl (C=O) groups excluding carboxylic acids is 2. The van der Waals surface area contributed by atoms with E-state index in [2.05, 4.69) is 20.6 Å². The lowest BCUT2D eigenvalue weighted by atomic mass is 10.2. The van der Waals surface area contributed by atoms with Crippen molar-refractivity contribution in [3.8, 4) is 0 Å². The summed E-state index contributed by atoms with van der Waals surface area (Å²) in [6.07, 6.45) is -0.00245. The predicted octanol–water partition coefficient (Wildman–Crippen LogP) is 0.475. The molecule has 3 N–H and O–H groups in total. The number of primary amides is 1. The molecule has 25 heavy (non-hydrogen) atoms. The second-order valence-corrected chi connectivity index (χ2v) is 6.17. The summed E-state index contributed by atoms with van der Waals surface area (Å²) in [6.45, 7) is 1.54. The zero-order valence-electron chi connectivity index (χ0n) is 13.2. The van der Waals surface area contributed by atoms with Gasteiger partial charge in [-0.15, -0.1) is 16.4 Å². The second kappa shape index (κ2) is 6.77. The molecule has 128 valence electrons. The van der Waals surface area contributed by atoms with Gasteiger partial charge in [0.15, 0.2) is 5.13 Å². The Balaban J connectivity index is 1.81. The van der Waals surface area contributed by atoms with Crippen LogP contribution in [0.4, 0.5) is 5.13 Å². The Morgan fingerprint density at radius 3 is 2.88 bits per heavy atom. The standard InChI is InChI=1S/C15H14N6O3S/c1-8(13(23)18-15-17-9(7-25-15)6-12(16)22)21-14(24)10-4-2-3-5-11(10)19-20-21/h2-5,7-8H,6H2,1H3,(H2,16,22)(H,17,18,23). The summed E-state index contributed by atoms with van der Waals surface area (Å²) >= 11 is 1.16. The van der Waals surface area contributed by atoms with Crippen LogP contribution in [0.2, 0.25) is 0 Å². The Bertz CT molecular complexity index is 1010. The minimum atomic E-state index is -0.881. The predicted molar refractivity (Wildman–Crippen MR) is 92.2 cm³/mol. The van der Waals surface area contributed by atoms with Gasteiger partial charge in [0.2, 0.25) is 5.91 Å². The van der Waals surface area contributed by atoms with Crippen LogP contribution >= 0.6 is 11.3 Å². The molecule has 0 saturated heterocycles. The molecule has 0 bridgehead atoms. The van der Waals surface area contributed by atoms with E-state index in [4.69, 9.17) is 5.73 Å². The normalized spacial score (nSPS) is 12.0. The van der Waals surface area contributed by atoms with E-state index in [0.29, 0.717) is 21.7 Å². The Labute approximate surface area is 145 Å². The molecule has 0 aliphatic rings. The molecule has 3 aromatic rings. The van der Waals surface area contributed by atoms with E-state index >= 15 is 0 Å². The first-order valence-corrected chi connectivity index (χ1v) is 8.21. The molecule has 3 rings (SSSR count). The molecule has 1 aromatic carbocycles. The third kappa shape index (κ3) is 3.53. The van der Waals surface area contributed by atoms with Gasteiger partial charge in [0.25, 0.3) is 11.5 Å². The molecule has 0 aliphatic heterocycles. The fourth-order valence-electron chi connectivity index (χ4n) is 2.20. The number of thiazole rings is 1. The summed E-state index contributed by atoms with van der Waals surface area (Å²) < 4.78 is 1.02. The first-order chi connectivity index (χ1) is 12.0. The van der Waals surface area contributed by atoms with Crippen molar-refractivity contribution in [2.75, 3.05) is 5.32 Å². The van der Waals surface area contributed by atoms with Crippen LogP contribution in [-0.2, 0) is 16.0 Å². The van der Waals surface area contributed by atoms with Crippen molar-refractivity contribution in [3.63, 3.8) is 0 Å². The van der Waals surface area contributed by atoms with Crippen LogP contribution in [0.5, 0.6) is 0 Å². The lowest BCUT2D eigenvalue weighted by Gasteiger charge is -2.12. The fraction of sp³-hybridized carbons (Fsp3) is 0.200. The SMILES string of the molecule is CC(C(=O)Nc1nc(CC(N)=O)cs1)n1nnc2ccccc2c1=O. The number of rotatable bonds is 5. The molecular weight excluding hydrogens is 344 g/mol. The number of nitrogens with one attached hydrogen (secondary N) is 1. The molecule has 1 unspecified atom stereocenters. The number of amides is 2. The number of nitrogens with zero attached hydrogens (tertiary/aromatic N) is 4. The van der Waals surface area contributed by atoms with E-state index in [1.165, 1.54) is 6.92 Å². The van der Waals surface area contributed by atoms with Crippen molar-refractivity contribution in [1.82, 2.24) is 20.0 Å². The van der Waals surface area contributed by atoms with Crippen LogP contribution in [0.1, 0.15) is 18.7 Å². The monoisotopic (exact) mass is 358 g/mol. The average molecular weight is 358 g/mol. The van der Waals surface area contributed by atoms with Gasteiger partial charge in [-0.1, -0.05) is 17.3 Å². The smallest absolute Gasteiger partial charge is 0.278 e. The number of hydrogen-bond donors (Lipinski definition) is 2. The summed E-state index contributed by atoms with van der Waals surface area (Å²) in [5.74, 6) is -0.971. The van der Waals surface area contributed by atoms with Crippen LogP contribution in [0.3, 0.4) is 0 Å². The first-order valence-electron chi connectivity index (χ1n) is 7.33. The highest BCUT2D eigenvalue weighted by atomic mass is 32.1. The first kappa shape index (κ1) is 16.7. The number of aromatic nitrogens is 4. The van der Waals surface area contributed by atoms with E-state index in [9.17, 15) is 14.4 Å². The van der Waals surface area contributed by atoms with Gasteiger partial charge in [0, 0.05) is 5.38 Å². The second-order valence-electron chi connectivity index (χ2n) is 5.31. The van der Waals surface area contributed by atoms with E-state index in [1.54, 1.807) is 29.6 Å². The fourth-order valence-corrected chi connectivity index (χ4v) is 2.91. The molecule has 0 radical (unpaired) electrons. The van der Waals surface area contributed by atoms with Crippen LogP contribution in [0, 0.1) is 0 Å². The molecule has 2 amide bonds. The van der Waals surface area contributed by atoms with Crippen LogP contribution in [0.15, 0.2) is 34.4 Å². The van der Waals surface area contributed by atoms with Crippen molar-refractivity contribution < 1.29 is 9.59 Å². The minimum absolute atomic E-state index is 0.00245. The molecule has 2 aromatic heterocycles. The largest absolute Gasteiger partial charge is 0.369 e. The van der Waals surface area contributed by atoms with Gasteiger partial charge >= 0.3 is 0 Å². The van der Waals surface area contributed by atoms with Crippen molar-refractivity contribution in [2.24, 2.45) is 5.73 Å². The molecule has 2 heterocycles. The molecule has 1 atom stereocenters. The summed E-state index contributed by atoms with van der Waals surface area (Å²) in [4.78, 5) is 39.8. The summed E-state index contributed by atoms with van der Waals surface area (Å²) in [7, 11) is 0. The third-order valence-corrected chi connectivity index (χ3v) is 4.28. The van der Waals surface area contributed by atoms with Gasteiger partial charge in [-0.2, -0.15) is 4.68 Å². The molecule has 0 spiro atoms. The molecule has 10 heteroatoms. The quantitative estimate of drug-likeness (QED) is 0.681. The Morgan fingerprint density at radius 2 is 2.12 bits per heavy atom. The van der Waals surface area contributed by atoms with Gasteiger partial charge in [0.1, 0.15) is 11.6 Å². The lowest BCUT2D eigenvalue weighted by molar-refractivity contribution is -0.119. The number of fused-ring (bicyclic) bond motifs is 1. The highest BCUT2D eigenvalue weighted by Gasteiger charge is 2.20. The lowest BCUT2D eigenvalue weighted by Crippen LogP contribution is -2.34. The van der Waals surface area contributed by atoms with Gasteiger partial charge in [0.05, 0.1) is 17.5 Å². The maximum absolute atomic E-state index is 12.5. The van der Waals surface area contributed by atoms with Crippen LogP contribution in [0.25, 0.3) is 10.9 Å². The Kier molecular flexibility index (Phi) is 4.52. The summed E-state index contributed by atoms with van der Waals surface area (Å²) in [6, 6.07) is 5.89. The number of hydrogen-bond acceptors (Lipinski definition) is 7. The number of carbonyl (C=O) groups is 2. The molecule has 0 aliphatic carbocycles. The molecular formula is C15H14N6O3S. The van der Waals surface area contributed by atoms with E-state index in [0.717, 1.165) is 16.0 Å². The zero-order chi connectivity index (χ0) is 18.0. The topological polar surface area (TPSA) is 133 Å². The zero-order valence-corrected chi connectivity index (χ0v) is 14.0. The van der Waals surface area contributed by atoms with E-state index in [1.807, 2.05) is 0 Å². The van der Waals surface area contributed by atoms with Gasteiger partial charge < -0.3 is 11.1 Å². The summed E-state index contributed by atoms with van der Waals surface area (Å²) in [5.41, 5.74) is 5.65. The summed E-state index contributed by atoms with van der Waals surface area (Å²) in [5, 5.41) is 12.7. The number of benzene rings is 1. The minimum Gasteiger partial charge on any atom is -0.369 e. The Morgan fingerprint density at radius 1 is 1.36 bits per heavy atom. The Hall–Kier alpha value is -3.14. The van der Waals surface area contributed by atoms with E-state index < -0.39 is 23.4 Å². The van der Waals surface area contributed by atoms with Gasteiger partial charge in [-0.3, -0.25) is 14.4 Å². The van der Waals surface area contributed by atoms with Gasteiger partial charge in [-0.05, 0) is 19.1 Å². The third-order valence-electron chi connectivity index (χ3n) is 3.47. The van der Waals surface area contributed by atoms with Crippen molar-refractivity contribution in [2.45, 2.75) is 19.4 Å². The number of nitrogens with two attached hydrogens (primary N) is 1. The molecule has 9 nitrogen and oxygen atoms in total. The molecule has 0 fully saturated rings. The molecule has 0 saturated carbocycles. The van der Waals surface area contributed by atoms with Crippen LogP contribution < -0.4 is 16.6 Å². The van der Waals surface area contributed by atoms with Gasteiger partial charge in [-0.25, -0.2) is 4.98 Å². The maximum Gasteiger partial charge on any atom is 0.278 e. The van der Waals surface area contributed by atoms with Crippen molar-refractivity contribution >= 4 is 39.2 Å².